The van der Waals surface area contributed by atoms with E-state index in [0.717, 1.165) is 39.3 Å². The van der Waals surface area contributed by atoms with Gasteiger partial charge in [0.25, 0.3) is 0 Å². The fraction of sp³-hybridized carbons (Fsp3) is 0.0800. The molecule has 0 aliphatic carbocycles. The summed E-state index contributed by atoms with van der Waals surface area (Å²) in [6.45, 7) is 0. The van der Waals surface area contributed by atoms with Crippen LogP contribution in [0.15, 0.2) is 83.8 Å². The number of methoxy groups -OCH3 is 2. The molecule has 0 saturated heterocycles. The monoisotopic (exact) mass is 424 g/mol. The van der Waals surface area contributed by atoms with Gasteiger partial charge in [0, 0.05) is 17.3 Å². The van der Waals surface area contributed by atoms with Gasteiger partial charge in [0.15, 0.2) is 0 Å². The van der Waals surface area contributed by atoms with Crippen LogP contribution in [-0.2, 0) is 0 Å². The van der Waals surface area contributed by atoms with Crippen LogP contribution in [0.1, 0.15) is 0 Å². The summed E-state index contributed by atoms with van der Waals surface area (Å²) in [5, 5.41) is 4.13. The Morgan fingerprint density at radius 2 is 1.50 bits per heavy atom. The van der Waals surface area contributed by atoms with Crippen LogP contribution in [0.5, 0.6) is 11.5 Å². The summed E-state index contributed by atoms with van der Waals surface area (Å²) in [6.07, 6.45) is 4.95. The number of anilines is 2. The highest BCUT2D eigenvalue weighted by molar-refractivity contribution is 6.06. The number of aromatic nitrogens is 3. The van der Waals surface area contributed by atoms with Crippen molar-refractivity contribution in [3.05, 3.63) is 79.4 Å². The van der Waals surface area contributed by atoms with Gasteiger partial charge in [-0.05, 0) is 54.1 Å². The quantitative estimate of drug-likeness (QED) is 0.374. The zero-order valence-electron chi connectivity index (χ0n) is 17.6. The first-order chi connectivity index (χ1) is 15.8. The lowest BCUT2D eigenvalue weighted by atomic mass is 9.99. The molecule has 0 spiro atoms. The molecule has 3 heterocycles. The van der Waals surface area contributed by atoms with Gasteiger partial charge in [-0.1, -0.05) is 12.1 Å². The Kier molecular flexibility index (Phi) is 5.13. The van der Waals surface area contributed by atoms with E-state index < -0.39 is 0 Å². The molecule has 158 valence electrons. The lowest BCUT2D eigenvalue weighted by Crippen LogP contribution is -1.96. The summed E-state index contributed by atoms with van der Waals surface area (Å²) in [7, 11) is 3.29. The van der Waals surface area contributed by atoms with Crippen LogP contribution >= 0.6 is 0 Å². The van der Waals surface area contributed by atoms with Gasteiger partial charge in [-0.2, -0.15) is 0 Å². The summed E-state index contributed by atoms with van der Waals surface area (Å²) in [5.41, 5.74) is 4.06. The Bertz CT molecular complexity index is 1350. The number of fused-ring (bicyclic) bond motifs is 1. The molecule has 5 aromatic rings. The molecule has 0 bridgehead atoms. The minimum atomic E-state index is 0.489. The minimum absolute atomic E-state index is 0.489. The number of ether oxygens (including phenoxy) is 2. The van der Waals surface area contributed by atoms with Crippen molar-refractivity contribution in [2.75, 3.05) is 19.5 Å². The Morgan fingerprint density at radius 3 is 2.12 bits per heavy atom. The zero-order chi connectivity index (χ0) is 21.9. The predicted molar refractivity (Wildman–Crippen MR) is 123 cm³/mol. The molecule has 1 N–H and O–H groups in total. The van der Waals surface area contributed by atoms with Gasteiger partial charge in [0.2, 0.25) is 5.71 Å². The van der Waals surface area contributed by atoms with Crippen LogP contribution in [0, 0.1) is 0 Å². The van der Waals surface area contributed by atoms with E-state index in [1.54, 1.807) is 26.6 Å². The molecule has 3 aromatic heterocycles. The van der Waals surface area contributed by atoms with Gasteiger partial charge in [-0.3, -0.25) is 4.98 Å². The highest BCUT2D eigenvalue weighted by Gasteiger charge is 2.22. The molecule has 0 amide bonds. The van der Waals surface area contributed by atoms with Gasteiger partial charge < -0.3 is 19.2 Å². The summed E-state index contributed by atoms with van der Waals surface area (Å²) in [4.78, 5) is 13.1. The van der Waals surface area contributed by atoms with Gasteiger partial charge in [0.05, 0.1) is 31.5 Å². The fourth-order valence-corrected chi connectivity index (χ4v) is 3.58. The third-order valence-electron chi connectivity index (χ3n) is 5.14. The van der Waals surface area contributed by atoms with Crippen LogP contribution in [0.3, 0.4) is 0 Å². The van der Waals surface area contributed by atoms with E-state index in [-0.39, 0.29) is 0 Å². The van der Waals surface area contributed by atoms with E-state index in [9.17, 15) is 0 Å². The molecule has 7 heteroatoms. The molecule has 0 fully saturated rings. The van der Waals surface area contributed by atoms with Crippen LogP contribution in [0.2, 0.25) is 0 Å². The molecule has 0 aliphatic rings. The normalized spacial score (nSPS) is 10.8. The van der Waals surface area contributed by atoms with Crippen LogP contribution in [-0.4, -0.2) is 29.2 Å². The first-order valence-corrected chi connectivity index (χ1v) is 10.00. The Hall–Kier alpha value is -4.39. The van der Waals surface area contributed by atoms with Crippen molar-refractivity contribution in [2.45, 2.75) is 0 Å². The van der Waals surface area contributed by atoms with Crippen molar-refractivity contribution in [3.63, 3.8) is 0 Å². The van der Waals surface area contributed by atoms with Crippen molar-refractivity contribution < 1.29 is 13.9 Å². The minimum Gasteiger partial charge on any atom is -0.497 e. The summed E-state index contributed by atoms with van der Waals surface area (Å²) in [6, 6.07) is 19.4. The van der Waals surface area contributed by atoms with E-state index >= 15 is 0 Å². The number of hydrogen-bond acceptors (Lipinski definition) is 7. The molecule has 2 aromatic carbocycles. The Morgan fingerprint density at radius 1 is 0.812 bits per heavy atom. The van der Waals surface area contributed by atoms with E-state index in [0.29, 0.717) is 17.3 Å². The van der Waals surface area contributed by atoms with Gasteiger partial charge in [-0.15, -0.1) is 0 Å². The number of pyridine rings is 1. The molecule has 0 atom stereocenters. The highest BCUT2D eigenvalue weighted by atomic mass is 16.5. The van der Waals surface area contributed by atoms with E-state index in [1.165, 1.54) is 6.33 Å². The standard InChI is InChI=1S/C25H20N4O3/c1-30-19-9-5-16(6-10-19)21-22-24(29-18-4-3-13-26-14-18)27-15-28-25(22)32-23(21)17-7-11-20(31-2)12-8-17/h3-15H,1-2H3,(H,27,28,29). The lowest BCUT2D eigenvalue weighted by Gasteiger charge is -2.09. The average molecular weight is 424 g/mol. The van der Waals surface area contributed by atoms with Gasteiger partial charge in [0.1, 0.15) is 29.4 Å². The maximum absolute atomic E-state index is 6.27. The van der Waals surface area contributed by atoms with Crippen molar-refractivity contribution >= 4 is 22.6 Å². The molecule has 32 heavy (non-hydrogen) atoms. The first-order valence-electron chi connectivity index (χ1n) is 10.00. The predicted octanol–water partition coefficient (Wildman–Crippen LogP) is 5.71. The molecular formula is C25H20N4O3. The van der Waals surface area contributed by atoms with Crippen molar-refractivity contribution in [2.24, 2.45) is 0 Å². The van der Waals surface area contributed by atoms with Crippen LogP contribution in [0.25, 0.3) is 33.6 Å². The van der Waals surface area contributed by atoms with Crippen molar-refractivity contribution in [1.29, 1.82) is 0 Å². The van der Waals surface area contributed by atoms with Gasteiger partial charge >= 0.3 is 0 Å². The number of benzene rings is 2. The Balaban J connectivity index is 1.74. The second-order valence-corrected chi connectivity index (χ2v) is 7.03. The number of nitrogens with one attached hydrogen (secondary N) is 1. The molecule has 0 unspecified atom stereocenters. The highest BCUT2D eigenvalue weighted by Crippen LogP contribution is 2.43. The molecule has 5 rings (SSSR count). The number of nitrogens with zero attached hydrogens (tertiary/aromatic N) is 3. The molecule has 0 radical (unpaired) electrons. The van der Waals surface area contributed by atoms with Crippen molar-refractivity contribution in [1.82, 2.24) is 15.0 Å². The summed E-state index contributed by atoms with van der Waals surface area (Å²) >= 11 is 0. The summed E-state index contributed by atoms with van der Waals surface area (Å²) < 4.78 is 16.9. The largest absolute Gasteiger partial charge is 0.497 e. The fourth-order valence-electron chi connectivity index (χ4n) is 3.58. The molecule has 7 nitrogen and oxygen atoms in total. The maximum atomic E-state index is 6.27. The summed E-state index contributed by atoms with van der Waals surface area (Å²) in [5.74, 6) is 2.88. The first kappa shape index (κ1) is 19.6. The van der Waals surface area contributed by atoms with Crippen LogP contribution in [0.4, 0.5) is 11.5 Å². The van der Waals surface area contributed by atoms with E-state index in [4.69, 9.17) is 13.9 Å². The second-order valence-electron chi connectivity index (χ2n) is 7.03. The van der Waals surface area contributed by atoms with E-state index in [1.807, 2.05) is 60.7 Å². The topological polar surface area (TPSA) is 82.3 Å². The number of hydrogen-bond donors (Lipinski definition) is 1. The molecule has 0 saturated carbocycles. The SMILES string of the molecule is COc1ccc(-c2oc3ncnc(Nc4cccnc4)c3c2-c2ccc(OC)cc2)cc1. The lowest BCUT2D eigenvalue weighted by molar-refractivity contribution is 0.414. The third-order valence-corrected chi connectivity index (χ3v) is 5.14. The number of furan rings is 1. The molecular weight excluding hydrogens is 404 g/mol. The van der Waals surface area contributed by atoms with Gasteiger partial charge in [-0.25, -0.2) is 9.97 Å². The van der Waals surface area contributed by atoms with E-state index in [2.05, 4.69) is 20.3 Å². The smallest absolute Gasteiger partial charge is 0.232 e. The Labute approximate surface area is 184 Å². The van der Waals surface area contributed by atoms with Crippen LogP contribution < -0.4 is 14.8 Å². The second kappa shape index (κ2) is 8.39. The zero-order valence-corrected chi connectivity index (χ0v) is 17.6. The average Bonchev–Trinajstić information content (AvgIpc) is 3.25. The third kappa shape index (κ3) is 3.60. The van der Waals surface area contributed by atoms with Crippen molar-refractivity contribution in [3.8, 4) is 33.9 Å². The number of rotatable bonds is 6. The maximum Gasteiger partial charge on any atom is 0.232 e. The molecule has 0 aliphatic heterocycles.